The molecule has 6 heteroatoms. The number of hydrogen-bond donors (Lipinski definition) is 2. The van der Waals surface area contributed by atoms with Crippen molar-refractivity contribution in [3.8, 4) is 5.75 Å². The van der Waals surface area contributed by atoms with Crippen LogP contribution in [-0.2, 0) is 0 Å². The number of hydrogen-bond acceptors (Lipinski definition) is 4. The number of carbonyl (C=O) groups excluding carboxylic acids is 2. The van der Waals surface area contributed by atoms with Crippen LogP contribution in [0.3, 0.4) is 0 Å². The van der Waals surface area contributed by atoms with E-state index < -0.39 is 0 Å². The second-order valence-electron chi connectivity index (χ2n) is 7.22. The van der Waals surface area contributed by atoms with Crippen LogP contribution in [-0.4, -0.2) is 38.6 Å². The maximum Gasteiger partial charge on any atom is 0.255 e. The third kappa shape index (κ3) is 5.28. The van der Waals surface area contributed by atoms with Crippen LogP contribution in [0.2, 0.25) is 0 Å². The Morgan fingerprint density at radius 3 is 2.55 bits per heavy atom. The van der Waals surface area contributed by atoms with E-state index in [2.05, 4.69) is 15.5 Å². The maximum atomic E-state index is 12.8. The average molecular weight is 396 g/mol. The van der Waals surface area contributed by atoms with E-state index in [1.807, 2.05) is 19.1 Å². The summed E-state index contributed by atoms with van der Waals surface area (Å²) >= 11 is 0. The second kappa shape index (κ2) is 9.96. The van der Waals surface area contributed by atoms with Gasteiger partial charge in [0, 0.05) is 36.6 Å². The molecule has 2 amide bonds. The van der Waals surface area contributed by atoms with Crippen molar-refractivity contribution in [2.24, 2.45) is 0 Å². The number of benzene rings is 2. The summed E-state index contributed by atoms with van der Waals surface area (Å²) in [7, 11) is 1.57. The molecule has 6 nitrogen and oxygen atoms in total. The van der Waals surface area contributed by atoms with Gasteiger partial charge in [-0.05, 0) is 62.1 Å². The first-order chi connectivity index (χ1) is 14.1. The summed E-state index contributed by atoms with van der Waals surface area (Å²) in [5.41, 5.74) is 2.63. The Morgan fingerprint density at radius 2 is 1.83 bits per heavy atom. The first-order valence-corrected chi connectivity index (χ1v) is 10.2. The lowest BCUT2D eigenvalue weighted by Crippen LogP contribution is -2.33. The highest BCUT2D eigenvalue weighted by Gasteiger charge is 2.19. The Labute approximate surface area is 172 Å². The number of piperidine rings is 1. The Hall–Kier alpha value is -3.02. The van der Waals surface area contributed by atoms with E-state index >= 15 is 0 Å². The van der Waals surface area contributed by atoms with Crippen molar-refractivity contribution in [2.45, 2.75) is 32.6 Å². The molecule has 1 saturated heterocycles. The fraction of sp³-hybridized carbons (Fsp3) is 0.391. The van der Waals surface area contributed by atoms with Gasteiger partial charge in [0.25, 0.3) is 11.8 Å². The summed E-state index contributed by atoms with van der Waals surface area (Å²) in [6.07, 6.45) is 4.36. The molecule has 0 atom stereocenters. The van der Waals surface area contributed by atoms with E-state index in [9.17, 15) is 9.59 Å². The van der Waals surface area contributed by atoms with Gasteiger partial charge in [0.2, 0.25) is 0 Å². The number of nitrogens with zero attached hydrogens (tertiary/aromatic N) is 1. The molecule has 2 aromatic rings. The first-order valence-electron chi connectivity index (χ1n) is 10.2. The molecular formula is C23H29N3O3. The minimum atomic E-state index is -0.241. The third-order valence-corrected chi connectivity index (χ3v) is 5.06. The van der Waals surface area contributed by atoms with Crippen LogP contribution < -0.4 is 20.3 Å². The molecule has 1 aliphatic rings. The molecule has 29 heavy (non-hydrogen) atoms. The number of rotatable bonds is 7. The lowest BCUT2D eigenvalue weighted by atomic mass is 10.1. The van der Waals surface area contributed by atoms with Crippen LogP contribution in [0, 0.1) is 0 Å². The van der Waals surface area contributed by atoms with Crippen molar-refractivity contribution < 1.29 is 14.3 Å². The van der Waals surface area contributed by atoms with Gasteiger partial charge in [0.15, 0.2) is 0 Å². The van der Waals surface area contributed by atoms with Crippen molar-refractivity contribution >= 4 is 23.2 Å². The maximum absolute atomic E-state index is 12.8. The average Bonchev–Trinajstić information content (AvgIpc) is 2.78. The fourth-order valence-corrected chi connectivity index (χ4v) is 3.51. The van der Waals surface area contributed by atoms with Gasteiger partial charge >= 0.3 is 0 Å². The first kappa shape index (κ1) is 20.7. The summed E-state index contributed by atoms with van der Waals surface area (Å²) < 4.78 is 5.19. The normalized spacial score (nSPS) is 13.7. The number of carbonyl (C=O) groups is 2. The minimum absolute atomic E-state index is 0.107. The van der Waals surface area contributed by atoms with E-state index in [4.69, 9.17) is 4.74 Å². The molecule has 0 unspecified atom stereocenters. The zero-order valence-electron chi connectivity index (χ0n) is 17.2. The summed E-state index contributed by atoms with van der Waals surface area (Å²) in [4.78, 5) is 27.7. The van der Waals surface area contributed by atoms with E-state index in [1.165, 1.54) is 6.42 Å². The molecule has 154 valence electrons. The molecule has 0 radical (unpaired) electrons. The topological polar surface area (TPSA) is 70.7 Å². The molecule has 0 aromatic heterocycles. The van der Waals surface area contributed by atoms with Crippen molar-refractivity contribution in [3.05, 3.63) is 53.6 Å². The van der Waals surface area contributed by atoms with Crippen LogP contribution in [0.5, 0.6) is 5.75 Å². The summed E-state index contributed by atoms with van der Waals surface area (Å²) in [6, 6.07) is 12.6. The monoisotopic (exact) mass is 395 g/mol. The Balaban J connectivity index is 1.85. The molecular weight excluding hydrogens is 366 g/mol. The fourth-order valence-electron chi connectivity index (χ4n) is 3.51. The Kier molecular flexibility index (Phi) is 7.11. The zero-order chi connectivity index (χ0) is 20.6. The molecule has 0 aliphatic carbocycles. The summed E-state index contributed by atoms with van der Waals surface area (Å²) in [5.74, 6) is 0.275. The molecule has 1 fully saturated rings. The highest BCUT2D eigenvalue weighted by Crippen LogP contribution is 2.27. The van der Waals surface area contributed by atoms with Gasteiger partial charge in [-0.3, -0.25) is 9.59 Å². The highest BCUT2D eigenvalue weighted by atomic mass is 16.5. The number of anilines is 2. The van der Waals surface area contributed by atoms with Gasteiger partial charge < -0.3 is 20.3 Å². The highest BCUT2D eigenvalue weighted by molar-refractivity contribution is 6.06. The lowest BCUT2D eigenvalue weighted by molar-refractivity contribution is 0.0952. The third-order valence-electron chi connectivity index (χ3n) is 5.06. The Morgan fingerprint density at radius 1 is 1.03 bits per heavy atom. The molecule has 0 saturated carbocycles. The number of nitrogens with one attached hydrogen (secondary N) is 2. The summed E-state index contributed by atoms with van der Waals surface area (Å²) in [6.45, 7) is 4.54. The standard InChI is InChI=1S/C23H29N3O3/c1-3-12-24-23(28)20-16-18(10-11-21(20)26-13-5-4-6-14-26)25-22(27)17-8-7-9-19(15-17)29-2/h7-11,15-16H,3-6,12-14H2,1-2H3,(H,24,28)(H,25,27). The minimum Gasteiger partial charge on any atom is -0.497 e. The van der Waals surface area contributed by atoms with Gasteiger partial charge in [-0.25, -0.2) is 0 Å². The smallest absolute Gasteiger partial charge is 0.255 e. The lowest BCUT2D eigenvalue weighted by Gasteiger charge is -2.30. The Bertz CT molecular complexity index is 860. The zero-order valence-corrected chi connectivity index (χ0v) is 17.2. The molecule has 3 rings (SSSR count). The van der Waals surface area contributed by atoms with Crippen LogP contribution in [0.1, 0.15) is 53.3 Å². The van der Waals surface area contributed by atoms with E-state index in [-0.39, 0.29) is 11.8 Å². The van der Waals surface area contributed by atoms with Gasteiger partial charge in [-0.1, -0.05) is 13.0 Å². The van der Waals surface area contributed by atoms with E-state index in [0.29, 0.717) is 29.1 Å². The van der Waals surface area contributed by atoms with E-state index in [0.717, 1.165) is 38.0 Å². The molecule has 2 aromatic carbocycles. The largest absolute Gasteiger partial charge is 0.497 e. The van der Waals surface area contributed by atoms with Crippen LogP contribution in [0.4, 0.5) is 11.4 Å². The van der Waals surface area contributed by atoms with Gasteiger partial charge in [0.05, 0.1) is 12.7 Å². The second-order valence-corrected chi connectivity index (χ2v) is 7.22. The van der Waals surface area contributed by atoms with Crippen molar-refractivity contribution in [3.63, 3.8) is 0 Å². The molecule has 0 bridgehead atoms. The predicted octanol–water partition coefficient (Wildman–Crippen LogP) is 4.08. The number of ether oxygens (including phenoxy) is 1. The van der Waals surface area contributed by atoms with Gasteiger partial charge in [0.1, 0.15) is 5.75 Å². The molecule has 1 aliphatic heterocycles. The van der Waals surface area contributed by atoms with Gasteiger partial charge in [-0.15, -0.1) is 0 Å². The predicted molar refractivity (Wildman–Crippen MR) is 116 cm³/mol. The van der Waals surface area contributed by atoms with Crippen LogP contribution in [0.25, 0.3) is 0 Å². The van der Waals surface area contributed by atoms with Crippen molar-refractivity contribution in [1.29, 1.82) is 0 Å². The number of amides is 2. The molecule has 2 N–H and O–H groups in total. The number of methoxy groups -OCH3 is 1. The van der Waals surface area contributed by atoms with Crippen molar-refractivity contribution in [2.75, 3.05) is 37.0 Å². The quantitative estimate of drug-likeness (QED) is 0.741. The molecule has 0 spiro atoms. The van der Waals surface area contributed by atoms with Crippen LogP contribution in [0.15, 0.2) is 42.5 Å². The van der Waals surface area contributed by atoms with Crippen molar-refractivity contribution in [1.82, 2.24) is 5.32 Å². The van der Waals surface area contributed by atoms with E-state index in [1.54, 1.807) is 37.4 Å². The summed E-state index contributed by atoms with van der Waals surface area (Å²) in [5, 5.41) is 5.86. The van der Waals surface area contributed by atoms with Crippen LogP contribution >= 0.6 is 0 Å². The SMILES string of the molecule is CCCNC(=O)c1cc(NC(=O)c2cccc(OC)c2)ccc1N1CCCCC1. The van der Waals surface area contributed by atoms with Gasteiger partial charge in [-0.2, -0.15) is 0 Å². The molecule has 1 heterocycles.